The third kappa shape index (κ3) is 6.02. The fourth-order valence-corrected chi connectivity index (χ4v) is 4.29. The third-order valence-corrected chi connectivity index (χ3v) is 6.00. The van der Waals surface area contributed by atoms with Crippen LogP contribution in [0.4, 0.5) is 5.69 Å². The summed E-state index contributed by atoms with van der Waals surface area (Å²) < 4.78 is 5.70. The van der Waals surface area contributed by atoms with Crippen molar-refractivity contribution in [2.24, 2.45) is 0 Å². The molecule has 2 aromatic carbocycles. The molecule has 2 aromatic rings. The van der Waals surface area contributed by atoms with Crippen molar-refractivity contribution >= 4 is 57.7 Å². The van der Waals surface area contributed by atoms with E-state index in [0.717, 1.165) is 5.56 Å². The van der Waals surface area contributed by atoms with Gasteiger partial charge in [0.1, 0.15) is 10.1 Å². The monoisotopic (exact) mass is 454 g/mol. The number of nitrogens with one attached hydrogen (secondary N) is 1. The number of carbonyl (C=O) groups excluding carboxylic acids is 3. The summed E-state index contributed by atoms with van der Waals surface area (Å²) in [7, 11) is 1.59. The van der Waals surface area contributed by atoms with E-state index in [0.29, 0.717) is 39.2 Å². The molecular weight excluding hydrogens is 432 g/mol. The maximum Gasteiger partial charge on any atom is 0.266 e. The normalized spacial score (nSPS) is 14.8. The number of amides is 2. The van der Waals surface area contributed by atoms with E-state index >= 15 is 0 Å². The first-order valence-electron chi connectivity index (χ1n) is 9.67. The molecule has 1 saturated heterocycles. The number of anilines is 1. The number of thioether (sulfide) groups is 1. The lowest BCUT2D eigenvalue weighted by molar-refractivity contribution is -0.122. The van der Waals surface area contributed by atoms with Crippen molar-refractivity contribution in [1.29, 1.82) is 0 Å². The second-order valence-electron chi connectivity index (χ2n) is 6.90. The number of methoxy groups -OCH3 is 1. The lowest BCUT2D eigenvalue weighted by atomic mass is 10.1. The van der Waals surface area contributed by atoms with Crippen molar-refractivity contribution in [2.45, 2.75) is 19.8 Å². The van der Waals surface area contributed by atoms with Gasteiger partial charge in [-0.1, -0.05) is 36.1 Å². The third-order valence-electron chi connectivity index (χ3n) is 4.63. The molecule has 31 heavy (non-hydrogen) atoms. The lowest BCUT2D eigenvalue weighted by Gasteiger charge is -2.14. The fourth-order valence-electron chi connectivity index (χ4n) is 2.98. The first-order valence-corrected chi connectivity index (χ1v) is 10.9. The van der Waals surface area contributed by atoms with Crippen LogP contribution in [0.3, 0.4) is 0 Å². The van der Waals surface area contributed by atoms with E-state index in [9.17, 15) is 14.4 Å². The van der Waals surface area contributed by atoms with Crippen LogP contribution in [-0.4, -0.2) is 40.5 Å². The quantitative estimate of drug-likeness (QED) is 0.359. The van der Waals surface area contributed by atoms with E-state index in [2.05, 4.69) is 5.32 Å². The predicted molar refractivity (Wildman–Crippen MR) is 127 cm³/mol. The van der Waals surface area contributed by atoms with Crippen molar-refractivity contribution in [2.75, 3.05) is 19.0 Å². The van der Waals surface area contributed by atoms with Crippen molar-refractivity contribution in [3.05, 3.63) is 64.6 Å². The molecule has 0 spiro atoms. The van der Waals surface area contributed by atoms with E-state index in [-0.39, 0.29) is 24.0 Å². The molecule has 0 radical (unpaired) electrons. The minimum absolute atomic E-state index is 0.0261. The van der Waals surface area contributed by atoms with Gasteiger partial charge in [0.05, 0.1) is 12.0 Å². The lowest BCUT2D eigenvalue weighted by Crippen LogP contribution is -2.29. The Balaban J connectivity index is 1.52. The number of nitrogens with zero attached hydrogens (tertiary/aromatic N) is 1. The van der Waals surface area contributed by atoms with Crippen molar-refractivity contribution in [1.82, 2.24) is 4.90 Å². The molecule has 3 rings (SSSR count). The van der Waals surface area contributed by atoms with Gasteiger partial charge in [0.25, 0.3) is 5.91 Å². The SMILES string of the molecule is COc1cccc(/C=C2\SC(=S)N(CCCC(=O)Nc3ccc(C(C)=O)cc3)C2=O)c1. The first kappa shape index (κ1) is 22.7. The van der Waals surface area contributed by atoms with E-state index in [1.54, 1.807) is 37.5 Å². The zero-order valence-electron chi connectivity index (χ0n) is 17.2. The van der Waals surface area contributed by atoms with Gasteiger partial charge in [0, 0.05) is 24.2 Å². The predicted octanol–water partition coefficient (Wildman–Crippen LogP) is 4.52. The Kier molecular flexibility index (Phi) is 7.59. The Morgan fingerprint density at radius 3 is 2.61 bits per heavy atom. The summed E-state index contributed by atoms with van der Waals surface area (Å²) >= 11 is 6.61. The van der Waals surface area contributed by atoms with Gasteiger partial charge < -0.3 is 10.1 Å². The molecule has 1 N–H and O–H groups in total. The molecule has 1 heterocycles. The van der Waals surface area contributed by atoms with Crippen molar-refractivity contribution < 1.29 is 19.1 Å². The standard InChI is InChI=1S/C23H22N2O4S2/c1-15(26)17-8-10-18(11-9-17)24-21(27)7-4-12-25-22(28)20(31-23(25)30)14-16-5-3-6-19(13-16)29-2/h3,5-6,8-11,13-14H,4,7,12H2,1-2H3,(H,24,27)/b20-14-. The topological polar surface area (TPSA) is 75.7 Å². The molecule has 0 bridgehead atoms. The molecular formula is C23H22N2O4S2. The zero-order chi connectivity index (χ0) is 22.4. The number of ether oxygens (including phenoxy) is 1. The van der Waals surface area contributed by atoms with Gasteiger partial charge in [-0.3, -0.25) is 19.3 Å². The highest BCUT2D eigenvalue weighted by Crippen LogP contribution is 2.33. The van der Waals surface area contributed by atoms with Crippen molar-refractivity contribution in [3.8, 4) is 5.75 Å². The van der Waals surface area contributed by atoms with Crippen LogP contribution in [0.5, 0.6) is 5.75 Å². The minimum Gasteiger partial charge on any atom is -0.497 e. The molecule has 6 nitrogen and oxygen atoms in total. The van der Waals surface area contributed by atoms with E-state index in [1.165, 1.54) is 23.6 Å². The summed E-state index contributed by atoms with van der Waals surface area (Å²) in [6, 6.07) is 14.2. The Morgan fingerprint density at radius 1 is 1.19 bits per heavy atom. The number of rotatable bonds is 8. The highest BCUT2D eigenvalue weighted by molar-refractivity contribution is 8.26. The largest absolute Gasteiger partial charge is 0.497 e. The molecule has 8 heteroatoms. The summed E-state index contributed by atoms with van der Waals surface area (Å²) in [4.78, 5) is 38.3. The molecule has 1 aliphatic rings. The second kappa shape index (κ2) is 10.4. The maximum atomic E-state index is 12.7. The molecule has 1 aliphatic heterocycles. The van der Waals surface area contributed by atoms with Gasteiger partial charge in [-0.25, -0.2) is 0 Å². The van der Waals surface area contributed by atoms with E-state index < -0.39 is 0 Å². The van der Waals surface area contributed by atoms with Crippen molar-refractivity contribution in [3.63, 3.8) is 0 Å². The van der Waals surface area contributed by atoms with Gasteiger partial charge in [-0.2, -0.15) is 0 Å². The average Bonchev–Trinajstić information content (AvgIpc) is 3.01. The highest BCUT2D eigenvalue weighted by Gasteiger charge is 2.31. The van der Waals surface area contributed by atoms with Gasteiger partial charge in [-0.05, 0) is 61.4 Å². The van der Waals surface area contributed by atoms with E-state index in [1.807, 2.05) is 24.3 Å². The first-order chi connectivity index (χ1) is 14.9. The Labute approximate surface area is 190 Å². The average molecular weight is 455 g/mol. The number of carbonyl (C=O) groups is 3. The number of Topliss-reactive ketones (excluding diaryl/α,β-unsaturated/α-hetero) is 1. The molecule has 1 fully saturated rings. The summed E-state index contributed by atoms with van der Waals surface area (Å²) in [6.45, 7) is 1.87. The van der Waals surface area contributed by atoms with Crippen LogP contribution < -0.4 is 10.1 Å². The van der Waals surface area contributed by atoms with Crippen LogP contribution in [0.15, 0.2) is 53.4 Å². The minimum atomic E-state index is -0.159. The van der Waals surface area contributed by atoms with Crippen LogP contribution in [0.25, 0.3) is 6.08 Å². The van der Waals surface area contributed by atoms with Gasteiger partial charge in [-0.15, -0.1) is 0 Å². The molecule has 0 aliphatic carbocycles. The summed E-state index contributed by atoms with van der Waals surface area (Å²) in [5.74, 6) is 0.374. The van der Waals surface area contributed by atoms with Gasteiger partial charge in [0.15, 0.2) is 5.78 Å². The van der Waals surface area contributed by atoms with Crippen LogP contribution >= 0.6 is 24.0 Å². The summed E-state index contributed by atoms with van der Waals surface area (Å²) in [5, 5.41) is 2.79. The molecule has 2 amide bonds. The summed E-state index contributed by atoms with van der Waals surface area (Å²) in [6.07, 6.45) is 2.52. The molecule has 0 aromatic heterocycles. The van der Waals surface area contributed by atoms with Crippen LogP contribution in [-0.2, 0) is 9.59 Å². The zero-order valence-corrected chi connectivity index (χ0v) is 18.8. The van der Waals surface area contributed by atoms with E-state index in [4.69, 9.17) is 17.0 Å². The fraction of sp³-hybridized carbons (Fsp3) is 0.217. The van der Waals surface area contributed by atoms with Crippen LogP contribution in [0, 0.1) is 0 Å². The Morgan fingerprint density at radius 2 is 1.94 bits per heavy atom. The van der Waals surface area contributed by atoms with Crippen LogP contribution in [0.2, 0.25) is 0 Å². The maximum absolute atomic E-state index is 12.7. The molecule has 0 saturated carbocycles. The number of hydrogen-bond donors (Lipinski definition) is 1. The smallest absolute Gasteiger partial charge is 0.266 e. The summed E-state index contributed by atoms with van der Waals surface area (Å²) in [5.41, 5.74) is 2.08. The molecule has 160 valence electrons. The van der Waals surface area contributed by atoms with Gasteiger partial charge >= 0.3 is 0 Å². The van der Waals surface area contributed by atoms with Gasteiger partial charge in [0.2, 0.25) is 5.91 Å². The number of hydrogen-bond acceptors (Lipinski definition) is 6. The molecule has 0 unspecified atom stereocenters. The second-order valence-corrected chi connectivity index (χ2v) is 8.57. The number of benzene rings is 2. The Hall–Kier alpha value is -2.97. The number of ketones is 1. The highest BCUT2D eigenvalue weighted by atomic mass is 32.2. The molecule has 0 atom stereocenters. The Bertz CT molecular complexity index is 1050. The number of thiocarbonyl (C=S) groups is 1. The van der Waals surface area contributed by atoms with Crippen LogP contribution in [0.1, 0.15) is 35.7 Å².